The molecule has 0 aliphatic rings. The maximum absolute atomic E-state index is 13.1. The van der Waals surface area contributed by atoms with Gasteiger partial charge in [0.05, 0.1) is 17.5 Å². The molecule has 0 atom stereocenters. The molecule has 1 aromatic carbocycles. The molecule has 2 rings (SSSR count). The molecule has 1 aromatic heterocycles. The van der Waals surface area contributed by atoms with Crippen LogP contribution in [-0.2, 0) is 6.18 Å². The maximum atomic E-state index is 13.1. The Morgan fingerprint density at radius 3 is 2.33 bits per heavy atom. The van der Waals surface area contributed by atoms with E-state index >= 15 is 0 Å². The van der Waals surface area contributed by atoms with E-state index in [1.54, 1.807) is 0 Å². The zero-order chi connectivity index (χ0) is 15.6. The number of thiocarbonyl (C=S) groups is 1. The van der Waals surface area contributed by atoms with Crippen molar-refractivity contribution in [3.8, 4) is 11.5 Å². The average molecular weight is 316 g/mol. The van der Waals surface area contributed by atoms with E-state index in [2.05, 4.69) is 4.98 Å². The van der Waals surface area contributed by atoms with E-state index in [9.17, 15) is 17.6 Å². The van der Waals surface area contributed by atoms with Gasteiger partial charge in [-0.15, -0.1) is 0 Å². The summed E-state index contributed by atoms with van der Waals surface area (Å²) < 4.78 is 56.0. The van der Waals surface area contributed by atoms with Gasteiger partial charge in [0, 0.05) is 0 Å². The van der Waals surface area contributed by atoms with Gasteiger partial charge in [0.15, 0.2) is 0 Å². The highest BCUT2D eigenvalue weighted by atomic mass is 32.1. The van der Waals surface area contributed by atoms with Crippen molar-refractivity contribution in [2.75, 3.05) is 0 Å². The summed E-state index contributed by atoms with van der Waals surface area (Å²) in [5.41, 5.74) is 4.32. The van der Waals surface area contributed by atoms with Crippen LogP contribution in [0.1, 0.15) is 11.3 Å². The lowest BCUT2D eigenvalue weighted by Crippen LogP contribution is -2.11. The molecule has 0 bridgehead atoms. The first-order valence-electron chi connectivity index (χ1n) is 5.58. The summed E-state index contributed by atoms with van der Waals surface area (Å²) in [7, 11) is 0. The standard InChI is InChI=1S/C13H8F4N2OS/c14-10-3-1-7(5-9(10)13(15,16)17)20-8-2-4-11(12(18)21)19-6-8/h1-6H,(H2,18,21). The SMILES string of the molecule is NC(=S)c1ccc(Oc2ccc(F)c(C(F)(F)F)c2)cn1. The van der Waals surface area contributed by atoms with Crippen molar-refractivity contribution in [1.82, 2.24) is 4.98 Å². The first-order chi connectivity index (χ1) is 9.77. The largest absolute Gasteiger partial charge is 0.456 e. The number of nitrogens with zero attached hydrogens (tertiary/aromatic N) is 1. The first kappa shape index (κ1) is 15.2. The van der Waals surface area contributed by atoms with Crippen LogP contribution in [0.4, 0.5) is 17.6 Å². The maximum Gasteiger partial charge on any atom is 0.419 e. The van der Waals surface area contributed by atoms with Gasteiger partial charge in [0.1, 0.15) is 22.3 Å². The fraction of sp³-hybridized carbons (Fsp3) is 0.0769. The number of ether oxygens (including phenoxy) is 1. The lowest BCUT2D eigenvalue weighted by atomic mass is 10.2. The molecular formula is C13H8F4N2OS. The Labute approximate surface area is 122 Å². The summed E-state index contributed by atoms with van der Waals surface area (Å²) >= 11 is 4.72. The molecule has 110 valence electrons. The number of rotatable bonds is 3. The normalized spacial score (nSPS) is 11.2. The van der Waals surface area contributed by atoms with Gasteiger partial charge in [0.25, 0.3) is 0 Å². The second-order valence-electron chi connectivity index (χ2n) is 3.98. The monoisotopic (exact) mass is 316 g/mol. The second kappa shape index (κ2) is 5.65. The van der Waals surface area contributed by atoms with Gasteiger partial charge in [0.2, 0.25) is 0 Å². The minimum Gasteiger partial charge on any atom is -0.456 e. The van der Waals surface area contributed by atoms with Gasteiger partial charge in [-0.05, 0) is 30.3 Å². The van der Waals surface area contributed by atoms with Crippen LogP contribution in [-0.4, -0.2) is 9.97 Å². The van der Waals surface area contributed by atoms with Gasteiger partial charge in [-0.3, -0.25) is 0 Å². The minimum atomic E-state index is -4.79. The zero-order valence-corrected chi connectivity index (χ0v) is 11.1. The highest BCUT2D eigenvalue weighted by Gasteiger charge is 2.34. The Kier molecular flexibility index (Phi) is 4.08. The number of nitrogens with two attached hydrogens (primary N) is 1. The fourth-order valence-electron chi connectivity index (χ4n) is 1.51. The Morgan fingerprint density at radius 1 is 1.14 bits per heavy atom. The second-order valence-corrected chi connectivity index (χ2v) is 4.42. The van der Waals surface area contributed by atoms with E-state index < -0.39 is 17.6 Å². The number of aromatic nitrogens is 1. The smallest absolute Gasteiger partial charge is 0.419 e. The molecule has 0 radical (unpaired) electrons. The van der Waals surface area contributed by atoms with Crippen molar-refractivity contribution in [1.29, 1.82) is 0 Å². The number of alkyl halides is 3. The quantitative estimate of drug-likeness (QED) is 0.693. The molecule has 8 heteroatoms. The van der Waals surface area contributed by atoms with Crippen LogP contribution in [0.5, 0.6) is 11.5 Å². The zero-order valence-electron chi connectivity index (χ0n) is 10.3. The fourth-order valence-corrected chi connectivity index (χ4v) is 1.63. The van der Waals surface area contributed by atoms with Crippen molar-refractivity contribution in [2.24, 2.45) is 5.73 Å². The van der Waals surface area contributed by atoms with Gasteiger partial charge < -0.3 is 10.5 Å². The van der Waals surface area contributed by atoms with Crippen molar-refractivity contribution in [2.45, 2.75) is 6.18 Å². The molecule has 2 aromatic rings. The first-order valence-corrected chi connectivity index (χ1v) is 5.98. The van der Waals surface area contributed by atoms with E-state index in [1.165, 1.54) is 18.3 Å². The number of hydrogen-bond donors (Lipinski definition) is 1. The summed E-state index contributed by atoms with van der Waals surface area (Å²) in [6.45, 7) is 0. The Morgan fingerprint density at radius 2 is 1.81 bits per heavy atom. The lowest BCUT2D eigenvalue weighted by Gasteiger charge is -2.11. The van der Waals surface area contributed by atoms with Gasteiger partial charge in [-0.1, -0.05) is 12.2 Å². The number of benzene rings is 1. The lowest BCUT2D eigenvalue weighted by molar-refractivity contribution is -0.140. The Bertz CT molecular complexity index is 671. The predicted octanol–water partition coefficient (Wildman–Crippen LogP) is 3.67. The molecule has 0 aliphatic carbocycles. The van der Waals surface area contributed by atoms with Crippen molar-refractivity contribution in [3.05, 3.63) is 53.6 Å². The molecule has 0 spiro atoms. The molecule has 2 N–H and O–H groups in total. The minimum absolute atomic E-state index is 0.0858. The summed E-state index contributed by atoms with van der Waals surface area (Å²) in [5.74, 6) is -1.35. The predicted molar refractivity (Wildman–Crippen MR) is 71.6 cm³/mol. The van der Waals surface area contributed by atoms with Crippen LogP contribution in [0, 0.1) is 5.82 Å². The van der Waals surface area contributed by atoms with Crippen LogP contribution >= 0.6 is 12.2 Å². The third kappa shape index (κ3) is 3.66. The summed E-state index contributed by atoms with van der Waals surface area (Å²) in [5, 5.41) is 0. The van der Waals surface area contributed by atoms with Crippen LogP contribution in [0.15, 0.2) is 36.5 Å². The summed E-state index contributed by atoms with van der Waals surface area (Å²) in [6, 6.07) is 5.27. The van der Waals surface area contributed by atoms with Crippen LogP contribution < -0.4 is 10.5 Å². The number of hydrogen-bond acceptors (Lipinski definition) is 3. The van der Waals surface area contributed by atoms with Crippen molar-refractivity contribution < 1.29 is 22.3 Å². The van der Waals surface area contributed by atoms with E-state index in [0.717, 1.165) is 6.07 Å². The van der Waals surface area contributed by atoms with E-state index in [0.29, 0.717) is 17.8 Å². The highest BCUT2D eigenvalue weighted by Crippen LogP contribution is 2.34. The highest BCUT2D eigenvalue weighted by molar-refractivity contribution is 7.80. The molecule has 0 aliphatic heterocycles. The van der Waals surface area contributed by atoms with Crippen molar-refractivity contribution >= 4 is 17.2 Å². The van der Waals surface area contributed by atoms with E-state index in [-0.39, 0.29) is 16.5 Å². The molecular weight excluding hydrogens is 308 g/mol. The third-order valence-corrected chi connectivity index (χ3v) is 2.68. The van der Waals surface area contributed by atoms with Gasteiger partial charge in [-0.2, -0.15) is 13.2 Å². The van der Waals surface area contributed by atoms with E-state index in [1.807, 2.05) is 0 Å². The Hall–Kier alpha value is -2.22. The van der Waals surface area contributed by atoms with E-state index in [4.69, 9.17) is 22.7 Å². The topological polar surface area (TPSA) is 48.1 Å². The molecule has 1 heterocycles. The third-order valence-electron chi connectivity index (χ3n) is 2.47. The molecule has 21 heavy (non-hydrogen) atoms. The molecule has 0 unspecified atom stereocenters. The molecule has 3 nitrogen and oxygen atoms in total. The summed E-state index contributed by atoms with van der Waals surface area (Å²) in [4.78, 5) is 3.96. The van der Waals surface area contributed by atoms with Gasteiger partial charge in [-0.25, -0.2) is 9.37 Å². The van der Waals surface area contributed by atoms with Crippen LogP contribution in [0.25, 0.3) is 0 Å². The number of halogens is 4. The molecule has 0 saturated heterocycles. The summed E-state index contributed by atoms with van der Waals surface area (Å²) in [6.07, 6.45) is -3.54. The Balaban J connectivity index is 2.26. The van der Waals surface area contributed by atoms with Crippen LogP contribution in [0.3, 0.4) is 0 Å². The molecule has 0 fully saturated rings. The van der Waals surface area contributed by atoms with Gasteiger partial charge >= 0.3 is 6.18 Å². The number of pyridine rings is 1. The van der Waals surface area contributed by atoms with Crippen LogP contribution in [0.2, 0.25) is 0 Å². The average Bonchev–Trinajstić information content (AvgIpc) is 2.40. The molecule has 0 saturated carbocycles. The van der Waals surface area contributed by atoms with Crippen molar-refractivity contribution in [3.63, 3.8) is 0 Å². The molecule has 0 amide bonds.